The highest BCUT2D eigenvalue weighted by Gasteiger charge is 2.18. The summed E-state index contributed by atoms with van der Waals surface area (Å²) in [6.07, 6.45) is 1.91. The van der Waals surface area contributed by atoms with Gasteiger partial charge >= 0.3 is 0 Å². The minimum atomic E-state index is -0.426. The third-order valence-electron chi connectivity index (χ3n) is 5.19. The Morgan fingerprint density at radius 1 is 0.938 bits per heavy atom. The van der Waals surface area contributed by atoms with E-state index in [-0.39, 0.29) is 11.6 Å². The number of non-ortho nitro benzene ring substituents is 1. The van der Waals surface area contributed by atoms with Crippen molar-refractivity contribution in [2.75, 3.05) is 0 Å². The van der Waals surface area contributed by atoms with Crippen LogP contribution in [0.25, 0.3) is 16.9 Å². The molecule has 0 aliphatic heterocycles. The number of rotatable bonds is 7. The zero-order valence-corrected chi connectivity index (χ0v) is 17.6. The second kappa shape index (κ2) is 9.26. The number of hydrogen-bond donors (Lipinski definition) is 0. The molecule has 0 unspecified atom stereocenters. The van der Waals surface area contributed by atoms with Crippen molar-refractivity contribution in [2.45, 2.75) is 20.0 Å². The predicted octanol–water partition coefficient (Wildman–Crippen LogP) is 5.00. The molecule has 0 bridgehead atoms. The fraction of sp³-hybridized carbons (Fsp3) is 0.120. The van der Waals surface area contributed by atoms with Crippen LogP contribution in [0.1, 0.15) is 18.1 Å². The number of nitro groups is 1. The number of nitro benzene ring substituents is 1. The summed E-state index contributed by atoms with van der Waals surface area (Å²) in [4.78, 5) is 24.8. The van der Waals surface area contributed by atoms with Gasteiger partial charge in [0, 0.05) is 49.5 Å². The molecular weight excluding hydrogens is 404 g/mol. The summed E-state index contributed by atoms with van der Waals surface area (Å²) < 4.78 is 1.77. The Morgan fingerprint density at radius 3 is 2.16 bits per heavy atom. The molecule has 160 valence electrons. The van der Waals surface area contributed by atoms with E-state index in [0.717, 1.165) is 22.4 Å². The van der Waals surface area contributed by atoms with Crippen LogP contribution in [-0.2, 0) is 17.9 Å². The summed E-state index contributed by atoms with van der Waals surface area (Å²) in [5, 5.41) is 15.8. The normalized spacial score (nSPS) is 10.7. The predicted molar refractivity (Wildman–Crippen MR) is 122 cm³/mol. The molecule has 0 saturated heterocycles. The lowest BCUT2D eigenvalue weighted by molar-refractivity contribution is -0.384. The lowest BCUT2D eigenvalue weighted by atomic mass is 10.1. The molecule has 0 spiro atoms. The molecule has 0 atom stereocenters. The molecule has 0 radical (unpaired) electrons. The third kappa shape index (κ3) is 4.73. The molecule has 0 N–H and O–H groups in total. The van der Waals surface area contributed by atoms with E-state index in [9.17, 15) is 14.9 Å². The summed E-state index contributed by atoms with van der Waals surface area (Å²) in [5.41, 5.74) is 4.24. The summed E-state index contributed by atoms with van der Waals surface area (Å²) in [6, 6.07) is 25.8. The molecular formula is C25H22N4O3. The molecule has 7 heteroatoms. The van der Waals surface area contributed by atoms with E-state index in [1.54, 1.807) is 28.6 Å². The van der Waals surface area contributed by atoms with Crippen molar-refractivity contribution < 1.29 is 9.72 Å². The molecule has 1 aromatic heterocycles. The maximum Gasteiger partial charge on any atom is 0.269 e. The lowest BCUT2D eigenvalue weighted by Crippen LogP contribution is -2.27. The van der Waals surface area contributed by atoms with E-state index >= 15 is 0 Å². The van der Waals surface area contributed by atoms with Crippen LogP contribution >= 0.6 is 0 Å². The molecule has 0 aliphatic rings. The molecule has 4 rings (SSSR count). The van der Waals surface area contributed by atoms with Crippen LogP contribution in [0.2, 0.25) is 0 Å². The van der Waals surface area contributed by atoms with Gasteiger partial charge < -0.3 is 4.90 Å². The van der Waals surface area contributed by atoms with Gasteiger partial charge in [-0.15, -0.1) is 0 Å². The van der Waals surface area contributed by atoms with E-state index in [1.165, 1.54) is 12.1 Å². The molecule has 0 fully saturated rings. The van der Waals surface area contributed by atoms with Crippen molar-refractivity contribution in [3.8, 4) is 16.9 Å². The van der Waals surface area contributed by atoms with Crippen LogP contribution in [-0.4, -0.2) is 25.5 Å². The van der Waals surface area contributed by atoms with Gasteiger partial charge in [-0.1, -0.05) is 48.5 Å². The number of nitrogens with zero attached hydrogens (tertiary/aromatic N) is 4. The van der Waals surface area contributed by atoms with Gasteiger partial charge in [-0.25, -0.2) is 4.68 Å². The van der Waals surface area contributed by atoms with Crippen molar-refractivity contribution >= 4 is 11.6 Å². The Hall–Kier alpha value is -4.26. The molecule has 1 amide bonds. The number of hydrogen-bond acceptors (Lipinski definition) is 4. The first-order valence-corrected chi connectivity index (χ1v) is 10.2. The highest BCUT2D eigenvalue weighted by Crippen LogP contribution is 2.27. The molecule has 0 aliphatic carbocycles. The van der Waals surface area contributed by atoms with E-state index in [0.29, 0.717) is 18.8 Å². The smallest absolute Gasteiger partial charge is 0.269 e. The second-order valence-electron chi connectivity index (χ2n) is 7.45. The van der Waals surface area contributed by atoms with Gasteiger partial charge in [0.25, 0.3) is 5.69 Å². The van der Waals surface area contributed by atoms with E-state index in [4.69, 9.17) is 5.10 Å². The first kappa shape index (κ1) is 21.0. The van der Waals surface area contributed by atoms with E-state index in [2.05, 4.69) is 0 Å². The van der Waals surface area contributed by atoms with Crippen molar-refractivity contribution in [1.29, 1.82) is 0 Å². The van der Waals surface area contributed by atoms with Gasteiger partial charge in [0.1, 0.15) is 0 Å². The van der Waals surface area contributed by atoms with Gasteiger partial charge in [-0.3, -0.25) is 14.9 Å². The Morgan fingerprint density at radius 2 is 1.56 bits per heavy atom. The SMILES string of the molecule is CC(=O)N(Cc1ccccc1)Cc1cn(-c2ccccc2)nc1-c1ccc([N+](=O)[O-])cc1. The van der Waals surface area contributed by atoms with Gasteiger partial charge in [0.2, 0.25) is 5.91 Å². The summed E-state index contributed by atoms with van der Waals surface area (Å²) in [6.45, 7) is 2.39. The Balaban J connectivity index is 1.72. The van der Waals surface area contributed by atoms with Crippen LogP contribution in [0.3, 0.4) is 0 Å². The van der Waals surface area contributed by atoms with Crippen molar-refractivity contribution in [1.82, 2.24) is 14.7 Å². The zero-order valence-electron chi connectivity index (χ0n) is 17.6. The number of carbonyl (C=O) groups excluding carboxylic acids is 1. The quantitative estimate of drug-likeness (QED) is 0.308. The van der Waals surface area contributed by atoms with E-state index in [1.807, 2.05) is 66.9 Å². The molecule has 1 heterocycles. The fourth-order valence-electron chi connectivity index (χ4n) is 3.51. The zero-order chi connectivity index (χ0) is 22.5. The highest BCUT2D eigenvalue weighted by atomic mass is 16.6. The van der Waals surface area contributed by atoms with Gasteiger partial charge in [-0.05, 0) is 29.8 Å². The molecule has 0 saturated carbocycles. The van der Waals surface area contributed by atoms with E-state index < -0.39 is 4.92 Å². The summed E-state index contributed by atoms with van der Waals surface area (Å²) in [5.74, 6) is -0.0454. The molecule has 7 nitrogen and oxygen atoms in total. The van der Waals surface area contributed by atoms with Crippen LogP contribution in [0.4, 0.5) is 5.69 Å². The van der Waals surface area contributed by atoms with Crippen molar-refractivity contribution in [3.05, 3.63) is 112 Å². The van der Waals surface area contributed by atoms with Crippen molar-refractivity contribution in [3.63, 3.8) is 0 Å². The first-order chi connectivity index (χ1) is 15.5. The second-order valence-corrected chi connectivity index (χ2v) is 7.45. The number of amides is 1. The summed E-state index contributed by atoms with van der Waals surface area (Å²) >= 11 is 0. The molecule has 32 heavy (non-hydrogen) atoms. The van der Waals surface area contributed by atoms with Crippen LogP contribution in [0, 0.1) is 10.1 Å². The van der Waals surface area contributed by atoms with Crippen LogP contribution < -0.4 is 0 Å². The minimum Gasteiger partial charge on any atom is -0.334 e. The standard InChI is InChI=1S/C25H22N4O3/c1-19(30)27(16-20-8-4-2-5-9-20)17-22-18-28(23-10-6-3-7-11-23)26-25(22)21-12-14-24(15-13-21)29(31)32/h2-15,18H,16-17H2,1H3. The number of benzene rings is 3. The van der Waals surface area contributed by atoms with Crippen LogP contribution in [0.15, 0.2) is 91.1 Å². The lowest BCUT2D eigenvalue weighted by Gasteiger charge is -2.21. The largest absolute Gasteiger partial charge is 0.334 e. The first-order valence-electron chi connectivity index (χ1n) is 10.2. The molecule has 3 aromatic carbocycles. The van der Waals surface area contributed by atoms with Gasteiger partial charge in [0.05, 0.1) is 16.3 Å². The Labute approximate surface area is 185 Å². The van der Waals surface area contributed by atoms with Crippen molar-refractivity contribution in [2.24, 2.45) is 0 Å². The Bertz CT molecular complexity index is 1220. The average molecular weight is 426 g/mol. The topological polar surface area (TPSA) is 81.3 Å². The van der Waals surface area contributed by atoms with Gasteiger partial charge in [-0.2, -0.15) is 5.10 Å². The maximum atomic E-state index is 12.4. The Kier molecular flexibility index (Phi) is 6.07. The minimum absolute atomic E-state index is 0.0206. The average Bonchev–Trinajstić information content (AvgIpc) is 3.24. The number of para-hydroxylation sites is 1. The highest BCUT2D eigenvalue weighted by molar-refractivity contribution is 5.74. The molecule has 4 aromatic rings. The number of aromatic nitrogens is 2. The third-order valence-corrected chi connectivity index (χ3v) is 5.19. The van der Waals surface area contributed by atoms with Crippen LogP contribution in [0.5, 0.6) is 0 Å². The monoisotopic (exact) mass is 426 g/mol. The summed E-state index contributed by atoms with van der Waals surface area (Å²) in [7, 11) is 0. The number of carbonyl (C=O) groups is 1. The van der Waals surface area contributed by atoms with Gasteiger partial charge in [0.15, 0.2) is 0 Å². The maximum absolute atomic E-state index is 12.4. The fourth-order valence-corrected chi connectivity index (χ4v) is 3.51.